The van der Waals surface area contributed by atoms with Gasteiger partial charge in [-0.1, -0.05) is 13.3 Å². The van der Waals surface area contributed by atoms with Crippen LogP contribution >= 0.6 is 0 Å². The summed E-state index contributed by atoms with van der Waals surface area (Å²) in [7, 11) is 1.87. The fraction of sp³-hybridized carbons (Fsp3) is 0.583. The van der Waals surface area contributed by atoms with Gasteiger partial charge in [0.15, 0.2) is 5.65 Å². The minimum Gasteiger partial charge on any atom is -0.380 e. The Morgan fingerprint density at radius 2 is 2.22 bits per heavy atom. The van der Waals surface area contributed by atoms with Crippen LogP contribution in [-0.4, -0.2) is 39.5 Å². The maximum absolute atomic E-state index is 5.49. The van der Waals surface area contributed by atoms with E-state index in [1.54, 1.807) is 17.2 Å². The quantitative estimate of drug-likeness (QED) is 0.755. The number of rotatable bonds is 7. The number of ether oxygens (including phenoxy) is 1. The topological polar surface area (TPSA) is 64.9 Å². The lowest BCUT2D eigenvalue weighted by Gasteiger charge is -2.06. The lowest BCUT2D eigenvalue weighted by molar-refractivity contribution is 0.141. The summed E-state index contributed by atoms with van der Waals surface area (Å²) in [4.78, 5) is 8.41. The van der Waals surface area contributed by atoms with Crippen molar-refractivity contribution in [2.75, 3.05) is 25.1 Å². The Morgan fingerprint density at radius 1 is 1.33 bits per heavy atom. The van der Waals surface area contributed by atoms with Crippen LogP contribution in [0.2, 0.25) is 0 Å². The summed E-state index contributed by atoms with van der Waals surface area (Å²) in [6, 6.07) is 0. The Hall–Kier alpha value is -1.69. The number of aromatic nitrogens is 4. The highest BCUT2D eigenvalue weighted by Gasteiger charge is 2.06. The highest BCUT2D eigenvalue weighted by molar-refractivity contribution is 5.85. The van der Waals surface area contributed by atoms with Crippen LogP contribution in [0.5, 0.6) is 0 Å². The van der Waals surface area contributed by atoms with Crippen molar-refractivity contribution in [1.82, 2.24) is 19.7 Å². The fourth-order valence-corrected chi connectivity index (χ4v) is 1.69. The van der Waals surface area contributed by atoms with Crippen molar-refractivity contribution in [2.45, 2.75) is 19.8 Å². The molecule has 0 saturated heterocycles. The summed E-state index contributed by atoms with van der Waals surface area (Å²) in [6.45, 7) is 4.41. The number of unbranched alkanes of at least 4 members (excludes halogenated alkanes) is 1. The standard InChI is InChI=1S/C12H19N5O/c1-3-4-6-18-7-5-13-11-10-8-16-17(2)12(10)15-9-14-11/h8-9H,3-7H2,1-2H3,(H,13,14,15). The molecule has 0 fully saturated rings. The maximum atomic E-state index is 5.49. The largest absolute Gasteiger partial charge is 0.380 e. The van der Waals surface area contributed by atoms with Crippen molar-refractivity contribution in [3.8, 4) is 0 Å². The summed E-state index contributed by atoms with van der Waals surface area (Å²) in [5, 5.41) is 8.35. The van der Waals surface area contributed by atoms with E-state index in [-0.39, 0.29) is 0 Å². The van der Waals surface area contributed by atoms with Gasteiger partial charge in [0.1, 0.15) is 12.1 Å². The molecule has 98 valence electrons. The van der Waals surface area contributed by atoms with E-state index in [2.05, 4.69) is 27.3 Å². The summed E-state index contributed by atoms with van der Waals surface area (Å²) in [6.07, 6.45) is 5.59. The molecule has 0 aliphatic carbocycles. The van der Waals surface area contributed by atoms with E-state index in [1.807, 2.05) is 7.05 Å². The first-order valence-corrected chi connectivity index (χ1v) is 6.27. The van der Waals surface area contributed by atoms with Crippen LogP contribution in [0.4, 0.5) is 5.82 Å². The van der Waals surface area contributed by atoms with E-state index in [4.69, 9.17) is 4.74 Å². The molecule has 0 unspecified atom stereocenters. The van der Waals surface area contributed by atoms with E-state index in [0.717, 1.165) is 42.8 Å². The molecule has 6 nitrogen and oxygen atoms in total. The van der Waals surface area contributed by atoms with Crippen molar-refractivity contribution in [3.05, 3.63) is 12.5 Å². The molecule has 18 heavy (non-hydrogen) atoms. The number of fused-ring (bicyclic) bond motifs is 1. The van der Waals surface area contributed by atoms with Crippen molar-refractivity contribution >= 4 is 16.9 Å². The van der Waals surface area contributed by atoms with Gasteiger partial charge in [0.2, 0.25) is 0 Å². The molecule has 0 atom stereocenters. The van der Waals surface area contributed by atoms with E-state index < -0.39 is 0 Å². The van der Waals surface area contributed by atoms with Crippen LogP contribution < -0.4 is 5.32 Å². The van der Waals surface area contributed by atoms with Crippen LogP contribution in [0.15, 0.2) is 12.5 Å². The Kier molecular flexibility index (Phi) is 4.46. The third kappa shape index (κ3) is 2.95. The summed E-state index contributed by atoms with van der Waals surface area (Å²) >= 11 is 0. The van der Waals surface area contributed by atoms with Gasteiger partial charge in [-0.05, 0) is 6.42 Å². The van der Waals surface area contributed by atoms with Crippen molar-refractivity contribution in [2.24, 2.45) is 7.05 Å². The molecule has 2 heterocycles. The van der Waals surface area contributed by atoms with Crippen molar-refractivity contribution in [1.29, 1.82) is 0 Å². The first kappa shape index (κ1) is 12.8. The Bertz CT molecular complexity index is 496. The molecule has 0 aliphatic rings. The fourth-order valence-electron chi connectivity index (χ4n) is 1.69. The first-order chi connectivity index (χ1) is 8.83. The highest BCUT2D eigenvalue weighted by Crippen LogP contribution is 2.17. The third-order valence-electron chi connectivity index (χ3n) is 2.71. The number of nitrogens with zero attached hydrogens (tertiary/aromatic N) is 4. The van der Waals surface area contributed by atoms with Crippen LogP contribution in [0.1, 0.15) is 19.8 Å². The van der Waals surface area contributed by atoms with Gasteiger partial charge in [-0.25, -0.2) is 9.97 Å². The molecule has 1 N–H and O–H groups in total. The van der Waals surface area contributed by atoms with Crippen LogP contribution in [0.25, 0.3) is 11.0 Å². The maximum Gasteiger partial charge on any atom is 0.163 e. The molecule has 6 heteroatoms. The normalized spacial score (nSPS) is 11.0. The van der Waals surface area contributed by atoms with Crippen LogP contribution in [0, 0.1) is 0 Å². The lowest BCUT2D eigenvalue weighted by Crippen LogP contribution is -2.11. The molecule has 2 rings (SSSR count). The van der Waals surface area contributed by atoms with Crippen molar-refractivity contribution < 1.29 is 4.74 Å². The molecule has 2 aromatic rings. The predicted octanol–water partition coefficient (Wildman–Crippen LogP) is 1.59. The van der Waals surface area contributed by atoms with Gasteiger partial charge < -0.3 is 10.1 Å². The Balaban J connectivity index is 1.88. The van der Waals surface area contributed by atoms with Crippen LogP contribution in [-0.2, 0) is 11.8 Å². The molecule has 0 spiro atoms. The zero-order chi connectivity index (χ0) is 12.8. The summed E-state index contributed by atoms with van der Waals surface area (Å²) in [5.74, 6) is 0.812. The second-order valence-electron chi connectivity index (χ2n) is 4.12. The lowest BCUT2D eigenvalue weighted by atomic mass is 10.4. The Labute approximate surface area is 106 Å². The van der Waals surface area contributed by atoms with E-state index in [1.165, 1.54) is 0 Å². The zero-order valence-electron chi connectivity index (χ0n) is 10.9. The number of hydrogen-bond donors (Lipinski definition) is 1. The van der Waals surface area contributed by atoms with Gasteiger partial charge in [-0.3, -0.25) is 4.68 Å². The van der Waals surface area contributed by atoms with Gasteiger partial charge in [0.05, 0.1) is 18.2 Å². The first-order valence-electron chi connectivity index (χ1n) is 6.27. The molecular weight excluding hydrogens is 230 g/mol. The number of aryl methyl sites for hydroxylation is 1. The molecule has 0 saturated carbocycles. The average molecular weight is 249 g/mol. The molecule has 0 amide bonds. The SMILES string of the molecule is CCCCOCCNc1ncnc2c1cnn2C. The molecule has 0 radical (unpaired) electrons. The number of hydrogen-bond acceptors (Lipinski definition) is 5. The monoisotopic (exact) mass is 249 g/mol. The smallest absolute Gasteiger partial charge is 0.163 e. The van der Waals surface area contributed by atoms with Crippen LogP contribution in [0.3, 0.4) is 0 Å². The molecule has 0 aliphatic heterocycles. The highest BCUT2D eigenvalue weighted by atomic mass is 16.5. The third-order valence-corrected chi connectivity index (χ3v) is 2.71. The van der Waals surface area contributed by atoms with E-state index in [0.29, 0.717) is 6.61 Å². The van der Waals surface area contributed by atoms with Crippen molar-refractivity contribution in [3.63, 3.8) is 0 Å². The van der Waals surface area contributed by atoms with Gasteiger partial charge >= 0.3 is 0 Å². The second-order valence-corrected chi connectivity index (χ2v) is 4.12. The van der Waals surface area contributed by atoms with Gasteiger partial charge in [-0.2, -0.15) is 5.10 Å². The molecule has 2 aromatic heterocycles. The number of anilines is 1. The molecular formula is C12H19N5O. The average Bonchev–Trinajstić information content (AvgIpc) is 2.77. The molecule has 0 aromatic carbocycles. The Morgan fingerprint density at radius 3 is 3.06 bits per heavy atom. The van der Waals surface area contributed by atoms with E-state index in [9.17, 15) is 0 Å². The molecule has 0 bridgehead atoms. The minimum absolute atomic E-state index is 0.686. The minimum atomic E-state index is 0.686. The van der Waals surface area contributed by atoms with Gasteiger partial charge in [0.25, 0.3) is 0 Å². The number of nitrogens with one attached hydrogen (secondary N) is 1. The predicted molar refractivity (Wildman–Crippen MR) is 70.5 cm³/mol. The second kappa shape index (κ2) is 6.30. The van der Waals surface area contributed by atoms with Gasteiger partial charge in [-0.15, -0.1) is 0 Å². The summed E-state index contributed by atoms with van der Waals surface area (Å²) in [5.41, 5.74) is 0.833. The summed E-state index contributed by atoms with van der Waals surface area (Å²) < 4.78 is 7.22. The van der Waals surface area contributed by atoms with Gasteiger partial charge in [0, 0.05) is 20.2 Å². The van der Waals surface area contributed by atoms with E-state index >= 15 is 0 Å². The zero-order valence-corrected chi connectivity index (χ0v) is 10.9.